The van der Waals surface area contributed by atoms with Crippen LogP contribution >= 0.6 is 0 Å². The van der Waals surface area contributed by atoms with Gasteiger partial charge < -0.3 is 15.6 Å². The summed E-state index contributed by atoms with van der Waals surface area (Å²) in [5, 5.41) is 16.7. The topological polar surface area (TPSA) is 82.6 Å². The third-order valence-corrected chi connectivity index (χ3v) is 3.77. The Balaban J connectivity index is 1.78. The predicted molar refractivity (Wildman–Crippen MR) is 79.3 cm³/mol. The highest BCUT2D eigenvalue weighted by molar-refractivity contribution is 5.94. The fraction of sp³-hybridized carbons (Fsp3) is 0.533. The van der Waals surface area contributed by atoms with Crippen molar-refractivity contribution in [2.24, 2.45) is 5.73 Å². The van der Waals surface area contributed by atoms with E-state index in [-0.39, 0.29) is 18.5 Å². The van der Waals surface area contributed by atoms with Gasteiger partial charge in [-0.1, -0.05) is 6.42 Å². The minimum absolute atomic E-state index is 0.0654. The molecule has 0 radical (unpaired) electrons. The SMILES string of the molecule is N=C(N)c1ccc(OCCN2CCCCC2CO)cc1. The first-order valence-electron chi connectivity index (χ1n) is 7.13. The first kappa shape index (κ1) is 14.8. The summed E-state index contributed by atoms with van der Waals surface area (Å²) in [6, 6.07) is 7.52. The quantitative estimate of drug-likeness (QED) is 0.539. The molecule has 0 bridgehead atoms. The number of piperidine rings is 1. The Morgan fingerprint density at radius 3 is 2.75 bits per heavy atom. The van der Waals surface area contributed by atoms with Gasteiger partial charge in [-0.25, -0.2) is 0 Å². The number of hydrogen-bond donors (Lipinski definition) is 3. The summed E-state index contributed by atoms with van der Waals surface area (Å²) in [4.78, 5) is 2.30. The molecule has 1 heterocycles. The maximum Gasteiger partial charge on any atom is 0.122 e. The summed E-state index contributed by atoms with van der Waals surface area (Å²) in [5.74, 6) is 0.850. The zero-order valence-corrected chi connectivity index (χ0v) is 11.7. The number of amidine groups is 1. The molecule has 20 heavy (non-hydrogen) atoms. The van der Waals surface area contributed by atoms with E-state index in [0.717, 1.165) is 25.3 Å². The molecule has 5 nitrogen and oxygen atoms in total. The Kier molecular flexibility index (Phi) is 5.38. The van der Waals surface area contributed by atoms with Crippen LogP contribution in [0.25, 0.3) is 0 Å². The van der Waals surface area contributed by atoms with E-state index in [1.165, 1.54) is 12.8 Å². The molecule has 1 aliphatic heterocycles. The molecule has 4 N–H and O–H groups in total. The van der Waals surface area contributed by atoms with Crippen molar-refractivity contribution in [2.75, 3.05) is 26.3 Å². The number of likely N-dealkylation sites (tertiary alicyclic amines) is 1. The van der Waals surface area contributed by atoms with Crippen LogP contribution in [-0.2, 0) is 0 Å². The number of benzene rings is 1. The number of rotatable bonds is 6. The molecular formula is C15H23N3O2. The second kappa shape index (κ2) is 7.26. The predicted octanol–water partition coefficient (Wildman–Crippen LogP) is 1.20. The molecule has 0 aliphatic carbocycles. The van der Waals surface area contributed by atoms with E-state index in [0.29, 0.717) is 12.2 Å². The first-order valence-corrected chi connectivity index (χ1v) is 7.13. The summed E-state index contributed by atoms with van der Waals surface area (Å²) in [7, 11) is 0. The van der Waals surface area contributed by atoms with E-state index in [4.69, 9.17) is 15.9 Å². The molecule has 0 amide bonds. The summed E-state index contributed by atoms with van der Waals surface area (Å²) in [6.45, 7) is 2.71. The normalized spacial score (nSPS) is 19.8. The van der Waals surface area contributed by atoms with Gasteiger partial charge in [0.1, 0.15) is 18.2 Å². The van der Waals surface area contributed by atoms with Gasteiger partial charge in [-0.2, -0.15) is 0 Å². The number of ether oxygens (including phenoxy) is 1. The molecule has 0 saturated carbocycles. The maximum absolute atomic E-state index is 9.35. The van der Waals surface area contributed by atoms with Crippen LogP contribution in [0.15, 0.2) is 24.3 Å². The molecule has 2 rings (SSSR count). The van der Waals surface area contributed by atoms with Crippen molar-refractivity contribution in [1.82, 2.24) is 4.90 Å². The molecule has 1 aromatic carbocycles. The number of aliphatic hydroxyl groups is 1. The van der Waals surface area contributed by atoms with Gasteiger partial charge in [0.2, 0.25) is 0 Å². The lowest BCUT2D eigenvalue weighted by Gasteiger charge is -2.34. The van der Waals surface area contributed by atoms with E-state index < -0.39 is 0 Å². The Morgan fingerprint density at radius 1 is 1.35 bits per heavy atom. The van der Waals surface area contributed by atoms with E-state index in [2.05, 4.69) is 4.90 Å². The number of aliphatic hydroxyl groups excluding tert-OH is 1. The van der Waals surface area contributed by atoms with Crippen LogP contribution in [0.2, 0.25) is 0 Å². The molecule has 1 fully saturated rings. The van der Waals surface area contributed by atoms with Crippen molar-refractivity contribution in [3.8, 4) is 5.75 Å². The van der Waals surface area contributed by atoms with Gasteiger partial charge in [-0.05, 0) is 43.7 Å². The van der Waals surface area contributed by atoms with Gasteiger partial charge in [-0.3, -0.25) is 10.3 Å². The average molecular weight is 277 g/mol. The molecular weight excluding hydrogens is 254 g/mol. The number of nitrogens with zero attached hydrogens (tertiary/aromatic N) is 1. The van der Waals surface area contributed by atoms with Crippen LogP contribution in [-0.4, -0.2) is 48.2 Å². The molecule has 1 unspecified atom stereocenters. The smallest absolute Gasteiger partial charge is 0.122 e. The monoisotopic (exact) mass is 277 g/mol. The lowest BCUT2D eigenvalue weighted by molar-refractivity contribution is 0.0773. The van der Waals surface area contributed by atoms with Crippen LogP contribution < -0.4 is 10.5 Å². The first-order chi connectivity index (χ1) is 9.70. The highest BCUT2D eigenvalue weighted by atomic mass is 16.5. The molecule has 1 atom stereocenters. The van der Waals surface area contributed by atoms with Crippen molar-refractivity contribution in [3.05, 3.63) is 29.8 Å². The number of hydrogen-bond acceptors (Lipinski definition) is 4. The Hall–Kier alpha value is -1.59. The van der Waals surface area contributed by atoms with Crippen LogP contribution in [0.5, 0.6) is 5.75 Å². The van der Waals surface area contributed by atoms with Crippen molar-refractivity contribution in [3.63, 3.8) is 0 Å². The Bertz CT molecular complexity index is 433. The second-order valence-electron chi connectivity index (χ2n) is 5.15. The molecule has 1 aromatic rings. The number of nitrogens with two attached hydrogens (primary N) is 1. The molecule has 0 spiro atoms. The zero-order valence-electron chi connectivity index (χ0n) is 11.7. The highest BCUT2D eigenvalue weighted by Crippen LogP contribution is 2.17. The van der Waals surface area contributed by atoms with E-state index in [9.17, 15) is 5.11 Å². The van der Waals surface area contributed by atoms with Gasteiger partial charge in [0, 0.05) is 18.2 Å². The van der Waals surface area contributed by atoms with E-state index in [1.807, 2.05) is 12.1 Å². The largest absolute Gasteiger partial charge is 0.492 e. The van der Waals surface area contributed by atoms with E-state index >= 15 is 0 Å². The molecule has 5 heteroatoms. The lowest BCUT2D eigenvalue weighted by Crippen LogP contribution is -2.43. The fourth-order valence-electron chi connectivity index (χ4n) is 2.57. The fourth-order valence-corrected chi connectivity index (χ4v) is 2.57. The number of nitrogens with one attached hydrogen (secondary N) is 1. The van der Waals surface area contributed by atoms with Crippen molar-refractivity contribution in [1.29, 1.82) is 5.41 Å². The van der Waals surface area contributed by atoms with E-state index in [1.54, 1.807) is 12.1 Å². The van der Waals surface area contributed by atoms with Crippen LogP contribution in [0.1, 0.15) is 24.8 Å². The van der Waals surface area contributed by atoms with Crippen LogP contribution in [0, 0.1) is 5.41 Å². The molecule has 1 saturated heterocycles. The average Bonchev–Trinajstić information content (AvgIpc) is 2.48. The van der Waals surface area contributed by atoms with Gasteiger partial charge in [0.25, 0.3) is 0 Å². The van der Waals surface area contributed by atoms with Gasteiger partial charge in [-0.15, -0.1) is 0 Å². The Labute approximate surface area is 119 Å². The molecule has 1 aliphatic rings. The second-order valence-corrected chi connectivity index (χ2v) is 5.15. The summed E-state index contributed by atoms with van der Waals surface area (Å²) >= 11 is 0. The van der Waals surface area contributed by atoms with Crippen molar-refractivity contribution >= 4 is 5.84 Å². The van der Waals surface area contributed by atoms with Gasteiger partial charge in [0.15, 0.2) is 0 Å². The third kappa shape index (κ3) is 3.95. The molecule has 0 aromatic heterocycles. The lowest BCUT2D eigenvalue weighted by atomic mass is 10.0. The Morgan fingerprint density at radius 2 is 2.10 bits per heavy atom. The minimum Gasteiger partial charge on any atom is -0.492 e. The molecule has 110 valence electrons. The zero-order chi connectivity index (χ0) is 14.4. The summed E-state index contributed by atoms with van der Waals surface area (Å²) < 4.78 is 5.70. The van der Waals surface area contributed by atoms with Crippen LogP contribution in [0.3, 0.4) is 0 Å². The maximum atomic E-state index is 9.35. The van der Waals surface area contributed by atoms with Crippen molar-refractivity contribution in [2.45, 2.75) is 25.3 Å². The standard InChI is InChI=1S/C15H23N3O2/c16-15(17)12-4-6-14(7-5-12)20-10-9-18-8-2-1-3-13(18)11-19/h4-7,13,19H,1-3,8-11H2,(H3,16,17). The summed E-state index contributed by atoms with van der Waals surface area (Å²) in [5.41, 5.74) is 6.11. The number of nitrogen functional groups attached to an aromatic ring is 1. The summed E-state index contributed by atoms with van der Waals surface area (Å²) in [6.07, 6.45) is 3.47. The highest BCUT2D eigenvalue weighted by Gasteiger charge is 2.20. The van der Waals surface area contributed by atoms with Crippen molar-refractivity contribution < 1.29 is 9.84 Å². The van der Waals surface area contributed by atoms with Crippen LogP contribution in [0.4, 0.5) is 0 Å². The van der Waals surface area contributed by atoms with Gasteiger partial charge in [0.05, 0.1) is 6.61 Å². The minimum atomic E-state index is 0.0654. The third-order valence-electron chi connectivity index (χ3n) is 3.77. The van der Waals surface area contributed by atoms with Gasteiger partial charge >= 0.3 is 0 Å².